The zero-order valence-corrected chi connectivity index (χ0v) is 20.4. The summed E-state index contributed by atoms with van der Waals surface area (Å²) in [6.07, 6.45) is 3.38. The molecule has 9 heteroatoms. The van der Waals surface area contributed by atoms with Gasteiger partial charge in [-0.05, 0) is 58.9 Å². The lowest BCUT2D eigenvalue weighted by molar-refractivity contribution is -0.139. The van der Waals surface area contributed by atoms with Crippen LogP contribution < -0.4 is 14.9 Å². The SMILES string of the molecule is CCCC1=C(C(=O)OCC)[C@H](c2cccs2)n2c(s/c(=C/c3ccc(Br)s3)c2=O)=N1. The van der Waals surface area contributed by atoms with Crippen molar-refractivity contribution in [3.05, 3.63) is 74.1 Å². The Hall–Kier alpha value is -1.81. The number of ether oxygens (including phenoxy) is 1. The summed E-state index contributed by atoms with van der Waals surface area (Å²) in [5, 5.41) is 1.96. The summed E-state index contributed by atoms with van der Waals surface area (Å²) in [5.74, 6) is -0.403. The van der Waals surface area contributed by atoms with E-state index in [0.717, 1.165) is 20.0 Å². The Labute approximate surface area is 193 Å². The van der Waals surface area contributed by atoms with E-state index in [0.29, 0.717) is 27.0 Å². The first-order chi connectivity index (χ1) is 14.5. The highest BCUT2D eigenvalue weighted by molar-refractivity contribution is 9.11. The number of carbonyl (C=O) groups excluding carboxylic acids is 1. The third kappa shape index (κ3) is 4.03. The lowest BCUT2D eigenvalue weighted by Crippen LogP contribution is -2.39. The molecule has 0 amide bonds. The summed E-state index contributed by atoms with van der Waals surface area (Å²) in [6.45, 7) is 4.11. The van der Waals surface area contributed by atoms with E-state index < -0.39 is 12.0 Å². The average Bonchev–Trinajstić information content (AvgIpc) is 3.44. The number of hydrogen-bond donors (Lipinski definition) is 0. The van der Waals surface area contributed by atoms with Crippen LogP contribution in [0.15, 0.2) is 54.5 Å². The van der Waals surface area contributed by atoms with E-state index in [1.807, 2.05) is 35.7 Å². The zero-order valence-electron chi connectivity index (χ0n) is 16.4. The monoisotopic (exact) mass is 522 g/mol. The second-order valence-corrected chi connectivity index (χ2v) is 11.1. The van der Waals surface area contributed by atoms with Crippen molar-refractivity contribution in [2.75, 3.05) is 6.61 Å². The predicted octanol–water partition coefficient (Wildman–Crippen LogP) is 4.46. The van der Waals surface area contributed by atoms with Gasteiger partial charge in [-0.3, -0.25) is 9.36 Å². The molecule has 1 aliphatic rings. The molecule has 3 aromatic heterocycles. The molecule has 0 saturated heterocycles. The number of allylic oxidation sites excluding steroid dienone is 1. The van der Waals surface area contributed by atoms with Gasteiger partial charge in [0.05, 0.1) is 26.2 Å². The fourth-order valence-electron chi connectivity index (χ4n) is 3.37. The van der Waals surface area contributed by atoms with E-state index in [-0.39, 0.29) is 12.2 Å². The van der Waals surface area contributed by atoms with Gasteiger partial charge in [-0.25, -0.2) is 9.79 Å². The second-order valence-electron chi connectivity index (χ2n) is 6.57. The molecule has 4 heterocycles. The fraction of sp³-hybridized carbons (Fsp3) is 0.286. The third-order valence-electron chi connectivity index (χ3n) is 4.57. The summed E-state index contributed by atoms with van der Waals surface area (Å²) in [7, 11) is 0. The first-order valence-corrected chi connectivity index (χ1v) is 12.8. The largest absolute Gasteiger partial charge is 0.463 e. The standard InChI is InChI=1S/C21H19BrN2O3S3/c1-3-6-13-17(20(26)27-4-2)18(14-7-5-10-28-14)24-19(25)15(30-21(24)23-13)11-12-8-9-16(22)29-12/h5,7-11,18H,3-4,6H2,1-2H3/b15-11+/t18-/m0/s1. The molecule has 5 nitrogen and oxygen atoms in total. The molecule has 1 atom stereocenters. The van der Waals surface area contributed by atoms with E-state index in [1.54, 1.807) is 22.8 Å². The number of thiophene rings is 2. The Morgan fingerprint density at radius 2 is 2.13 bits per heavy atom. The first kappa shape index (κ1) is 21.4. The summed E-state index contributed by atoms with van der Waals surface area (Å²) in [4.78, 5) is 33.7. The van der Waals surface area contributed by atoms with Gasteiger partial charge in [-0.15, -0.1) is 22.7 Å². The van der Waals surface area contributed by atoms with Gasteiger partial charge < -0.3 is 4.74 Å². The lowest BCUT2D eigenvalue weighted by Gasteiger charge is -2.24. The molecule has 0 unspecified atom stereocenters. The molecule has 30 heavy (non-hydrogen) atoms. The van der Waals surface area contributed by atoms with E-state index in [2.05, 4.69) is 22.9 Å². The van der Waals surface area contributed by atoms with Gasteiger partial charge in [0.25, 0.3) is 5.56 Å². The molecule has 1 aliphatic heterocycles. The molecular weight excluding hydrogens is 504 g/mol. The predicted molar refractivity (Wildman–Crippen MR) is 126 cm³/mol. The Kier molecular flexibility index (Phi) is 6.52. The van der Waals surface area contributed by atoms with Gasteiger partial charge in [0.15, 0.2) is 4.80 Å². The molecule has 4 rings (SSSR count). The van der Waals surface area contributed by atoms with E-state index in [1.165, 1.54) is 22.7 Å². The van der Waals surface area contributed by atoms with Crippen LogP contribution in [-0.2, 0) is 9.53 Å². The van der Waals surface area contributed by atoms with E-state index >= 15 is 0 Å². The summed E-state index contributed by atoms with van der Waals surface area (Å²) >= 11 is 7.91. The molecular formula is C21H19BrN2O3S3. The number of hydrogen-bond acceptors (Lipinski definition) is 7. The third-order valence-corrected chi connectivity index (χ3v) is 8.05. The Balaban J connectivity index is 1.97. The summed E-state index contributed by atoms with van der Waals surface area (Å²) in [5.41, 5.74) is 1.04. The van der Waals surface area contributed by atoms with Crippen molar-refractivity contribution in [1.82, 2.24) is 4.57 Å². The van der Waals surface area contributed by atoms with Gasteiger partial charge in [0, 0.05) is 9.75 Å². The normalized spacial score (nSPS) is 16.5. The molecule has 0 saturated carbocycles. The minimum atomic E-state index is -0.515. The van der Waals surface area contributed by atoms with Crippen LogP contribution in [0, 0.1) is 0 Å². The van der Waals surface area contributed by atoms with Crippen molar-refractivity contribution < 1.29 is 9.53 Å². The number of rotatable bonds is 6. The molecule has 0 aliphatic carbocycles. The quantitative estimate of drug-likeness (QED) is 0.449. The maximum absolute atomic E-state index is 13.4. The van der Waals surface area contributed by atoms with Crippen LogP contribution in [0.1, 0.15) is 42.5 Å². The average molecular weight is 523 g/mol. The number of thiazole rings is 1. The van der Waals surface area contributed by atoms with Crippen molar-refractivity contribution in [3.8, 4) is 0 Å². The maximum atomic E-state index is 13.4. The second kappa shape index (κ2) is 9.13. The van der Waals surface area contributed by atoms with Gasteiger partial charge >= 0.3 is 5.97 Å². The van der Waals surface area contributed by atoms with Crippen molar-refractivity contribution in [2.24, 2.45) is 4.99 Å². The van der Waals surface area contributed by atoms with Crippen LogP contribution in [0.5, 0.6) is 0 Å². The molecule has 0 radical (unpaired) electrons. The van der Waals surface area contributed by atoms with Crippen LogP contribution in [0.3, 0.4) is 0 Å². The highest BCUT2D eigenvalue weighted by Gasteiger charge is 2.34. The van der Waals surface area contributed by atoms with Crippen molar-refractivity contribution in [2.45, 2.75) is 32.7 Å². The molecule has 3 aromatic rings. The molecule has 0 aromatic carbocycles. The van der Waals surface area contributed by atoms with Gasteiger partial charge in [0.1, 0.15) is 6.04 Å². The van der Waals surface area contributed by atoms with E-state index in [9.17, 15) is 9.59 Å². The number of nitrogens with zero attached hydrogens (tertiary/aromatic N) is 2. The number of fused-ring (bicyclic) bond motifs is 1. The Bertz CT molecular complexity index is 1280. The summed E-state index contributed by atoms with van der Waals surface area (Å²) < 4.78 is 8.63. The first-order valence-electron chi connectivity index (χ1n) is 9.54. The number of aromatic nitrogens is 1. The topological polar surface area (TPSA) is 60.7 Å². The van der Waals surface area contributed by atoms with Crippen LogP contribution in [0.25, 0.3) is 6.08 Å². The molecule has 156 valence electrons. The van der Waals surface area contributed by atoms with Crippen LogP contribution in [0.2, 0.25) is 0 Å². The minimum Gasteiger partial charge on any atom is -0.463 e. The Morgan fingerprint density at radius 1 is 1.30 bits per heavy atom. The fourth-order valence-corrected chi connectivity index (χ4v) is 6.65. The molecule has 0 spiro atoms. The molecule has 0 bridgehead atoms. The van der Waals surface area contributed by atoms with E-state index in [4.69, 9.17) is 9.73 Å². The number of carbonyl (C=O) groups is 1. The van der Waals surface area contributed by atoms with Crippen molar-refractivity contribution >= 4 is 62.0 Å². The minimum absolute atomic E-state index is 0.140. The zero-order chi connectivity index (χ0) is 21.3. The smallest absolute Gasteiger partial charge is 0.338 e. The number of halogens is 1. The van der Waals surface area contributed by atoms with Crippen molar-refractivity contribution in [3.63, 3.8) is 0 Å². The van der Waals surface area contributed by atoms with Gasteiger partial charge in [-0.1, -0.05) is 30.7 Å². The maximum Gasteiger partial charge on any atom is 0.338 e. The lowest BCUT2D eigenvalue weighted by atomic mass is 9.99. The van der Waals surface area contributed by atoms with Crippen LogP contribution >= 0.6 is 49.9 Å². The summed E-state index contributed by atoms with van der Waals surface area (Å²) in [6, 6.07) is 7.30. The highest BCUT2D eigenvalue weighted by Crippen LogP contribution is 2.34. The molecule has 0 fully saturated rings. The van der Waals surface area contributed by atoms with Crippen LogP contribution in [0.4, 0.5) is 0 Å². The molecule has 0 N–H and O–H groups in total. The highest BCUT2D eigenvalue weighted by atomic mass is 79.9. The van der Waals surface area contributed by atoms with Gasteiger partial charge in [0.2, 0.25) is 0 Å². The van der Waals surface area contributed by atoms with Gasteiger partial charge in [-0.2, -0.15) is 0 Å². The number of esters is 1. The van der Waals surface area contributed by atoms with Crippen molar-refractivity contribution in [1.29, 1.82) is 0 Å². The Morgan fingerprint density at radius 3 is 2.77 bits per heavy atom. The van der Waals surface area contributed by atoms with Crippen LogP contribution in [-0.4, -0.2) is 17.1 Å².